The Labute approximate surface area is 110 Å². The molecule has 0 aromatic carbocycles. The summed E-state index contributed by atoms with van der Waals surface area (Å²) in [5.41, 5.74) is 0. The first-order valence-corrected chi connectivity index (χ1v) is 6.59. The molecule has 1 atom stereocenters. The summed E-state index contributed by atoms with van der Waals surface area (Å²) in [5, 5.41) is 12.3. The van der Waals surface area contributed by atoms with E-state index in [-0.39, 0.29) is 6.61 Å². The maximum atomic E-state index is 8.85. The van der Waals surface area contributed by atoms with Crippen molar-refractivity contribution in [2.75, 3.05) is 26.7 Å². The molecule has 0 amide bonds. The lowest BCUT2D eigenvalue weighted by Gasteiger charge is -2.21. The molecule has 1 unspecified atom stereocenters. The predicted molar refractivity (Wildman–Crippen MR) is 73.5 cm³/mol. The number of imidazole rings is 1. The molecule has 0 aliphatic heterocycles. The van der Waals surface area contributed by atoms with E-state index in [0.29, 0.717) is 18.6 Å². The smallest absolute Gasteiger partial charge is 0.122 e. The first-order chi connectivity index (χ1) is 8.54. The third-order valence-electron chi connectivity index (χ3n) is 2.98. The highest BCUT2D eigenvalue weighted by atomic mass is 16.3. The van der Waals surface area contributed by atoms with Gasteiger partial charge in [0.25, 0.3) is 0 Å². The summed E-state index contributed by atoms with van der Waals surface area (Å²) >= 11 is 0. The van der Waals surface area contributed by atoms with Crippen molar-refractivity contribution in [3.63, 3.8) is 0 Å². The monoisotopic (exact) mass is 254 g/mol. The lowest BCUT2D eigenvalue weighted by atomic mass is 10.3. The van der Waals surface area contributed by atoms with Crippen molar-refractivity contribution in [3.05, 3.63) is 18.2 Å². The first kappa shape index (κ1) is 15.1. The third-order valence-corrected chi connectivity index (χ3v) is 2.98. The van der Waals surface area contributed by atoms with E-state index in [1.165, 1.54) is 0 Å². The van der Waals surface area contributed by atoms with Gasteiger partial charge in [-0.1, -0.05) is 0 Å². The Morgan fingerprint density at radius 3 is 2.78 bits per heavy atom. The molecule has 1 aromatic heterocycles. The zero-order valence-electron chi connectivity index (χ0n) is 11.9. The van der Waals surface area contributed by atoms with Crippen LogP contribution in [0.25, 0.3) is 0 Å². The minimum Gasteiger partial charge on any atom is -0.395 e. The first-order valence-electron chi connectivity index (χ1n) is 6.59. The maximum Gasteiger partial charge on any atom is 0.122 e. The second-order valence-electron chi connectivity index (χ2n) is 5.11. The molecule has 104 valence electrons. The number of aliphatic hydroxyl groups excluding tert-OH is 1. The van der Waals surface area contributed by atoms with Crippen LogP contribution < -0.4 is 5.32 Å². The molecule has 5 heteroatoms. The Balaban J connectivity index is 2.37. The van der Waals surface area contributed by atoms with E-state index in [4.69, 9.17) is 5.11 Å². The van der Waals surface area contributed by atoms with Crippen LogP contribution in [0.15, 0.2) is 12.4 Å². The van der Waals surface area contributed by atoms with Gasteiger partial charge in [-0.15, -0.1) is 0 Å². The Bertz CT molecular complexity index is 337. The molecular formula is C13H26N4O. The Morgan fingerprint density at radius 2 is 2.17 bits per heavy atom. The van der Waals surface area contributed by atoms with Gasteiger partial charge in [-0.05, 0) is 27.8 Å². The molecule has 0 spiro atoms. The minimum absolute atomic E-state index is 0.209. The number of nitrogens with zero attached hydrogens (tertiary/aromatic N) is 3. The Morgan fingerprint density at radius 1 is 1.44 bits per heavy atom. The summed E-state index contributed by atoms with van der Waals surface area (Å²) < 4.78 is 2.18. The van der Waals surface area contributed by atoms with Crippen LogP contribution in [0, 0.1) is 0 Å². The zero-order valence-corrected chi connectivity index (χ0v) is 11.9. The van der Waals surface area contributed by atoms with Gasteiger partial charge in [0.1, 0.15) is 5.82 Å². The summed E-state index contributed by atoms with van der Waals surface area (Å²) in [6.45, 7) is 9.08. The molecular weight excluding hydrogens is 228 g/mol. The number of rotatable bonds is 8. The van der Waals surface area contributed by atoms with E-state index in [1.807, 2.05) is 19.4 Å². The van der Waals surface area contributed by atoms with Crippen LogP contribution in [0.4, 0.5) is 0 Å². The molecule has 0 radical (unpaired) electrons. The maximum absolute atomic E-state index is 8.85. The van der Waals surface area contributed by atoms with Crippen molar-refractivity contribution in [1.82, 2.24) is 19.8 Å². The van der Waals surface area contributed by atoms with Crippen LogP contribution in [-0.2, 0) is 6.54 Å². The van der Waals surface area contributed by atoms with Crippen molar-refractivity contribution in [1.29, 1.82) is 0 Å². The zero-order chi connectivity index (χ0) is 13.5. The fraction of sp³-hybridized carbons (Fsp3) is 0.769. The summed E-state index contributed by atoms with van der Waals surface area (Å²) in [5.74, 6) is 1.07. The largest absolute Gasteiger partial charge is 0.395 e. The lowest BCUT2D eigenvalue weighted by Crippen LogP contribution is -2.38. The van der Waals surface area contributed by atoms with Crippen LogP contribution in [0.2, 0.25) is 0 Å². The normalized spacial score (nSPS) is 13.5. The molecule has 1 rings (SSSR count). The lowest BCUT2D eigenvalue weighted by molar-refractivity contribution is 0.210. The summed E-state index contributed by atoms with van der Waals surface area (Å²) in [6.07, 6.45) is 3.86. The number of nitrogens with one attached hydrogen (secondary N) is 1. The molecule has 0 saturated carbocycles. The fourth-order valence-corrected chi connectivity index (χ4v) is 2.01. The van der Waals surface area contributed by atoms with Gasteiger partial charge >= 0.3 is 0 Å². The average molecular weight is 254 g/mol. The standard InChI is InChI=1S/C13H26N4O/c1-11(2)17-6-5-14-13(17)9-15-12(3)10-16(4)7-8-18/h5-6,11-12,15,18H,7-10H2,1-4H3. The van der Waals surface area contributed by atoms with Crippen LogP contribution in [0.1, 0.15) is 32.6 Å². The number of hydrogen-bond acceptors (Lipinski definition) is 4. The molecule has 18 heavy (non-hydrogen) atoms. The van der Waals surface area contributed by atoms with Crippen LogP contribution in [-0.4, -0.2) is 52.3 Å². The molecule has 0 saturated heterocycles. The van der Waals surface area contributed by atoms with E-state index in [9.17, 15) is 0 Å². The Kier molecular flexibility index (Phi) is 6.32. The number of aliphatic hydroxyl groups is 1. The van der Waals surface area contributed by atoms with Crippen molar-refractivity contribution in [2.24, 2.45) is 0 Å². The summed E-state index contributed by atoms with van der Waals surface area (Å²) in [4.78, 5) is 6.49. The highest BCUT2D eigenvalue weighted by Gasteiger charge is 2.09. The number of aromatic nitrogens is 2. The second kappa shape index (κ2) is 7.51. The van der Waals surface area contributed by atoms with Gasteiger partial charge in [-0.25, -0.2) is 4.98 Å². The van der Waals surface area contributed by atoms with Crippen molar-refractivity contribution in [2.45, 2.75) is 39.4 Å². The quantitative estimate of drug-likeness (QED) is 0.723. The van der Waals surface area contributed by atoms with E-state index >= 15 is 0 Å². The van der Waals surface area contributed by atoms with Crippen molar-refractivity contribution >= 4 is 0 Å². The number of hydrogen-bond donors (Lipinski definition) is 2. The van der Waals surface area contributed by atoms with Gasteiger partial charge in [-0.3, -0.25) is 0 Å². The second-order valence-corrected chi connectivity index (χ2v) is 5.11. The SMILES string of the molecule is CC(CN(C)CCO)NCc1nccn1C(C)C. The Hall–Kier alpha value is -0.910. The van der Waals surface area contributed by atoms with Crippen molar-refractivity contribution < 1.29 is 5.11 Å². The average Bonchev–Trinajstić information content (AvgIpc) is 2.74. The molecule has 0 aliphatic carbocycles. The molecule has 2 N–H and O–H groups in total. The van der Waals surface area contributed by atoms with Crippen LogP contribution in [0.3, 0.4) is 0 Å². The fourth-order valence-electron chi connectivity index (χ4n) is 2.01. The van der Waals surface area contributed by atoms with Gasteiger partial charge in [0, 0.05) is 37.6 Å². The molecule has 0 aliphatic rings. The predicted octanol–water partition coefficient (Wildman–Crippen LogP) is 0.866. The molecule has 0 fully saturated rings. The van der Waals surface area contributed by atoms with Gasteiger partial charge in [0.2, 0.25) is 0 Å². The van der Waals surface area contributed by atoms with E-state index in [1.54, 1.807) is 0 Å². The van der Waals surface area contributed by atoms with E-state index in [2.05, 4.69) is 40.5 Å². The van der Waals surface area contributed by atoms with Gasteiger partial charge in [0.15, 0.2) is 0 Å². The van der Waals surface area contributed by atoms with Gasteiger partial charge < -0.3 is 19.9 Å². The van der Waals surface area contributed by atoms with Gasteiger partial charge in [0.05, 0.1) is 13.2 Å². The minimum atomic E-state index is 0.209. The molecule has 1 heterocycles. The van der Waals surface area contributed by atoms with E-state index < -0.39 is 0 Å². The van der Waals surface area contributed by atoms with Crippen LogP contribution in [0.5, 0.6) is 0 Å². The van der Waals surface area contributed by atoms with Crippen molar-refractivity contribution in [3.8, 4) is 0 Å². The van der Waals surface area contributed by atoms with Crippen LogP contribution >= 0.6 is 0 Å². The molecule has 0 bridgehead atoms. The highest BCUT2D eigenvalue weighted by molar-refractivity contribution is 4.94. The third kappa shape index (κ3) is 4.76. The number of likely N-dealkylation sites (N-methyl/N-ethyl adjacent to an activating group) is 1. The summed E-state index contributed by atoms with van der Waals surface area (Å²) in [6, 6.07) is 0.815. The molecule has 5 nitrogen and oxygen atoms in total. The van der Waals surface area contributed by atoms with Gasteiger partial charge in [-0.2, -0.15) is 0 Å². The molecule has 1 aromatic rings. The topological polar surface area (TPSA) is 53.3 Å². The summed E-state index contributed by atoms with van der Waals surface area (Å²) in [7, 11) is 2.02. The van der Waals surface area contributed by atoms with E-state index in [0.717, 1.165) is 18.9 Å². The highest BCUT2D eigenvalue weighted by Crippen LogP contribution is 2.07.